The summed E-state index contributed by atoms with van der Waals surface area (Å²) in [7, 11) is 0. The summed E-state index contributed by atoms with van der Waals surface area (Å²) in [5.74, 6) is 0.161. The summed E-state index contributed by atoms with van der Waals surface area (Å²) in [6.07, 6.45) is 2.09. The third kappa shape index (κ3) is 5.43. The topological polar surface area (TPSA) is 49.3 Å². The van der Waals surface area contributed by atoms with Gasteiger partial charge in [-0.05, 0) is 24.8 Å². The van der Waals surface area contributed by atoms with Gasteiger partial charge in [0.25, 0.3) is 0 Å². The van der Waals surface area contributed by atoms with Crippen molar-refractivity contribution in [1.82, 2.24) is 5.32 Å². The van der Waals surface area contributed by atoms with Crippen molar-refractivity contribution in [3.8, 4) is 0 Å². The minimum Gasteiger partial charge on any atom is -0.388 e. The van der Waals surface area contributed by atoms with Crippen LogP contribution in [0, 0.1) is 5.92 Å². The van der Waals surface area contributed by atoms with Crippen LogP contribution in [0.25, 0.3) is 0 Å². The summed E-state index contributed by atoms with van der Waals surface area (Å²) in [6, 6.07) is 9.94. The van der Waals surface area contributed by atoms with Gasteiger partial charge in [-0.1, -0.05) is 50.6 Å². The van der Waals surface area contributed by atoms with Crippen molar-refractivity contribution in [2.24, 2.45) is 5.92 Å². The molecular formula is C16H25NO2. The van der Waals surface area contributed by atoms with Crippen molar-refractivity contribution in [1.29, 1.82) is 0 Å². The number of aryl methyl sites for hydroxylation is 1. The fourth-order valence-corrected chi connectivity index (χ4v) is 1.88. The molecule has 2 unspecified atom stereocenters. The van der Waals surface area contributed by atoms with Gasteiger partial charge >= 0.3 is 0 Å². The van der Waals surface area contributed by atoms with E-state index in [1.807, 2.05) is 44.2 Å². The molecule has 1 aromatic carbocycles. The summed E-state index contributed by atoms with van der Waals surface area (Å²) in [4.78, 5) is 11.8. The lowest BCUT2D eigenvalue weighted by molar-refractivity contribution is -0.122. The van der Waals surface area contributed by atoms with E-state index in [4.69, 9.17) is 0 Å². The number of benzene rings is 1. The second-order valence-electron chi connectivity index (χ2n) is 5.43. The molecule has 0 bridgehead atoms. The van der Waals surface area contributed by atoms with E-state index in [9.17, 15) is 9.90 Å². The molecule has 0 aliphatic carbocycles. The van der Waals surface area contributed by atoms with E-state index in [1.54, 1.807) is 6.92 Å². The van der Waals surface area contributed by atoms with Gasteiger partial charge in [-0.25, -0.2) is 0 Å². The predicted molar refractivity (Wildman–Crippen MR) is 77.9 cm³/mol. The largest absolute Gasteiger partial charge is 0.388 e. The van der Waals surface area contributed by atoms with E-state index in [2.05, 4.69) is 5.32 Å². The molecule has 3 nitrogen and oxygen atoms in total. The molecule has 0 saturated heterocycles. The van der Waals surface area contributed by atoms with Crippen LogP contribution in [0.2, 0.25) is 0 Å². The van der Waals surface area contributed by atoms with E-state index >= 15 is 0 Å². The molecule has 1 rings (SSSR count). The summed E-state index contributed by atoms with van der Waals surface area (Å²) in [5, 5.41) is 13.0. The maximum atomic E-state index is 11.8. The standard InChI is InChI=1S/C16H25NO2/c1-4-13(2)16(3,19)12-17-15(18)11-10-14-8-6-5-7-9-14/h5-9,13,19H,4,10-12H2,1-3H3,(H,17,18). The van der Waals surface area contributed by atoms with E-state index < -0.39 is 5.60 Å². The molecule has 1 aromatic rings. The Hall–Kier alpha value is -1.35. The molecule has 0 fully saturated rings. The van der Waals surface area contributed by atoms with Crippen LogP contribution in [0.5, 0.6) is 0 Å². The predicted octanol–water partition coefficient (Wildman–Crippen LogP) is 2.53. The Labute approximate surface area is 116 Å². The highest BCUT2D eigenvalue weighted by atomic mass is 16.3. The maximum absolute atomic E-state index is 11.8. The smallest absolute Gasteiger partial charge is 0.220 e. The zero-order chi connectivity index (χ0) is 14.3. The number of aliphatic hydroxyl groups is 1. The molecule has 0 heterocycles. The lowest BCUT2D eigenvalue weighted by atomic mass is 9.88. The Bertz CT molecular complexity index is 387. The van der Waals surface area contributed by atoms with E-state index in [1.165, 1.54) is 0 Å². The van der Waals surface area contributed by atoms with Crippen molar-refractivity contribution in [2.45, 2.75) is 45.6 Å². The average Bonchev–Trinajstić information content (AvgIpc) is 2.43. The highest BCUT2D eigenvalue weighted by Crippen LogP contribution is 2.18. The maximum Gasteiger partial charge on any atom is 0.220 e. The zero-order valence-corrected chi connectivity index (χ0v) is 12.1. The molecular weight excluding hydrogens is 238 g/mol. The second kappa shape index (κ2) is 7.29. The molecule has 106 valence electrons. The molecule has 0 saturated carbocycles. The zero-order valence-electron chi connectivity index (χ0n) is 12.1. The van der Waals surface area contributed by atoms with Crippen LogP contribution >= 0.6 is 0 Å². The molecule has 0 aromatic heterocycles. The lowest BCUT2D eigenvalue weighted by Crippen LogP contribution is -2.45. The Morgan fingerprint density at radius 2 is 2.00 bits per heavy atom. The van der Waals surface area contributed by atoms with E-state index in [0.717, 1.165) is 18.4 Å². The van der Waals surface area contributed by atoms with E-state index in [0.29, 0.717) is 13.0 Å². The van der Waals surface area contributed by atoms with Crippen molar-refractivity contribution in [2.75, 3.05) is 6.54 Å². The van der Waals surface area contributed by atoms with Crippen LogP contribution in [0.1, 0.15) is 39.2 Å². The summed E-state index contributed by atoms with van der Waals surface area (Å²) >= 11 is 0. The fourth-order valence-electron chi connectivity index (χ4n) is 1.88. The highest BCUT2D eigenvalue weighted by molar-refractivity contribution is 5.76. The number of carbonyl (C=O) groups excluding carboxylic acids is 1. The van der Waals surface area contributed by atoms with E-state index in [-0.39, 0.29) is 11.8 Å². The molecule has 0 aliphatic heterocycles. The SMILES string of the molecule is CCC(C)C(C)(O)CNC(=O)CCc1ccccc1. The van der Waals surface area contributed by atoms with Gasteiger partial charge < -0.3 is 10.4 Å². The van der Waals surface area contributed by atoms with Gasteiger partial charge in [0.2, 0.25) is 5.91 Å². The molecule has 2 atom stereocenters. The Kier molecular flexibility index (Phi) is 6.03. The lowest BCUT2D eigenvalue weighted by Gasteiger charge is -2.29. The van der Waals surface area contributed by atoms with Crippen LogP contribution < -0.4 is 5.32 Å². The quantitative estimate of drug-likeness (QED) is 0.794. The number of nitrogens with one attached hydrogen (secondary N) is 1. The number of hydrogen-bond acceptors (Lipinski definition) is 2. The Morgan fingerprint density at radius 3 is 2.58 bits per heavy atom. The number of carbonyl (C=O) groups is 1. The fraction of sp³-hybridized carbons (Fsp3) is 0.562. The summed E-state index contributed by atoms with van der Waals surface area (Å²) < 4.78 is 0. The van der Waals surface area contributed by atoms with Crippen molar-refractivity contribution < 1.29 is 9.90 Å². The molecule has 19 heavy (non-hydrogen) atoms. The first-order valence-electron chi connectivity index (χ1n) is 6.98. The van der Waals surface area contributed by atoms with Gasteiger partial charge in [-0.2, -0.15) is 0 Å². The monoisotopic (exact) mass is 263 g/mol. The first-order valence-corrected chi connectivity index (χ1v) is 6.98. The van der Waals surface area contributed by atoms with Crippen molar-refractivity contribution in [3.63, 3.8) is 0 Å². The molecule has 3 heteroatoms. The van der Waals surface area contributed by atoms with Crippen LogP contribution in [-0.2, 0) is 11.2 Å². The Morgan fingerprint density at radius 1 is 1.37 bits per heavy atom. The third-order valence-corrected chi connectivity index (χ3v) is 3.80. The molecule has 2 N–H and O–H groups in total. The van der Waals surface area contributed by atoms with Crippen LogP contribution in [-0.4, -0.2) is 23.2 Å². The van der Waals surface area contributed by atoms with Gasteiger partial charge in [0, 0.05) is 13.0 Å². The Balaban J connectivity index is 2.32. The first-order chi connectivity index (χ1) is 8.95. The first kappa shape index (κ1) is 15.7. The van der Waals surface area contributed by atoms with Gasteiger partial charge in [0.15, 0.2) is 0 Å². The normalized spacial score (nSPS) is 15.6. The van der Waals surface area contributed by atoms with Gasteiger partial charge in [0.05, 0.1) is 5.60 Å². The number of amides is 1. The van der Waals surface area contributed by atoms with Gasteiger partial charge in [-0.15, -0.1) is 0 Å². The third-order valence-electron chi connectivity index (χ3n) is 3.80. The van der Waals surface area contributed by atoms with Gasteiger partial charge in [0.1, 0.15) is 0 Å². The summed E-state index contributed by atoms with van der Waals surface area (Å²) in [5.41, 5.74) is 0.322. The molecule has 0 spiro atoms. The van der Waals surface area contributed by atoms with Crippen molar-refractivity contribution in [3.05, 3.63) is 35.9 Å². The van der Waals surface area contributed by atoms with Crippen LogP contribution in [0.4, 0.5) is 0 Å². The van der Waals surface area contributed by atoms with Crippen molar-refractivity contribution >= 4 is 5.91 Å². The van der Waals surface area contributed by atoms with Crippen LogP contribution in [0.3, 0.4) is 0 Å². The molecule has 0 aliphatic rings. The number of hydrogen-bond donors (Lipinski definition) is 2. The summed E-state index contributed by atoms with van der Waals surface area (Å²) in [6.45, 7) is 6.13. The molecule has 1 amide bonds. The minimum atomic E-state index is -0.836. The van der Waals surface area contributed by atoms with Gasteiger partial charge in [-0.3, -0.25) is 4.79 Å². The number of rotatable bonds is 7. The average molecular weight is 263 g/mol. The minimum absolute atomic E-state index is 0.00701. The van der Waals surface area contributed by atoms with Crippen LogP contribution in [0.15, 0.2) is 30.3 Å². The second-order valence-corrected chi connectivity index (χ2v) is 5.43. The molecule has 0 radical (unpaired) electrons. The highest BCUT2D eigenvalue weighted by Gasteiger charge is 2.27.